The first-order valence-corrected chi connectivity index (χ1v) is 5.41. The molecule has 0 aromatic heterocycles. The molecular weight excluding hydrogens is 206 g/mol. The number of aliphatic hydroxyl groups is 1. The Kier molecular flexibility index (Phi) is 3.77. The zero-order chi connectivity index (χ0) is 11.4. The third kappa shape index (κ3) is 2.72. The van der Waals surface area contributed by atoms with Crippen molar-refractivity contribution in [2.75, 3.05) is 20.3 Å². The first-order valence-electron chi connectivity index (χ1n) is 5.41. The molecule has 1 aromatic rings. The molecule has 1 aliphatic rings. The number of ether oxygens (including phenoxy) is 2. The van der Waals surface area contributed by atoms with E-state index >= 15 is 0 Å². The standard InChI is InChI=1S/C12H17NO3/c1-15-10-4-2-9(3-5-10)6-13-11-7-16-8-12(11)14/h2-5,11-14H,6-8H2,1H3/t11-,12-/m1/s1. The third-order valence-corrected chi connectivity index (χ3v) is 2.78. The topological polar surface area (TPSA) is 50.7 Å². The van der Waals surface area contributed by atoms with E-state index in [0.29, 0.717) is 13.2 Å². The van der Waals surface area contributed by atoms with Crippen LogP contribution in [-0.2, 0) is 11.3 Å². The van der Waals surface area contributed by atoms with E-state index in [4.69, 9.17) is 9.47 Å². The van der Waals surface area contributed by atoms with Crippen molar-refractivity contribution < 1.29 is 14.6 Å². The largest absolute Gasteiger partial charge is 0.497 e. The van der Waals surface area contributed by atoms with Gasteiger partial charge in [0.2, 0.25) is 0 Å². The Bertz CT molecular complexity index is 326. The van der Waals surface area contributed by atoms with Gasteiger partial charge in [-0.2, -0.15) is 0 Å². The Hall–Kier alpha value is -1.10. The molecule has 16 heavy (non-hydrogen) atoms. The van der Waals surface area contributed by atoms with Crippen molar-refractivity contribution >= 4 is 0 Å². The van der Waals surface area contributed by atoms with Gasteiger partial charge in [-0.15, -0.1) is 0 Å². The Morgan fingerprint density at radius 1 is 1.38 bits per heavy atom. The summed E-state index contributed by atoms with van der Waals surface area (Å²) >= 11 is 0. The summed E-state index contributed by atoms with van der Waals surface area (Å²) in [7, 11) is 1.65. The lowest BCUT2D eigenvalue weighted by molar-refractivity contribution is 0.122. The van der Waals surface area contributed by atoms with Gasteiger partial charge >= 0.3 is 0 Å². The molecule has 0 unspecified atom stereocenters. The van der Waals surface area contributed by atoms with Crippen LogP contribution in [-0.4, -0.2) is 37.6 Å². The summed E-state index contributed by atoms with van der Waals surface area (Å²) in [6.07, 6.45) is -0.391. The number of rotatable bonds is 4. The Labute approximate surface area is 95.2 Å². The molecule has 1 saturated heterocycles. The van der Waals surface area contributed by atoms with Gasteiger partial charge in [-0.3, -0.25) is 0 Å². The van der Waals surface area contributed by atoms with Gasteiger partial charge in [0.15, 0.2) is 0 Å². The number of methoxy groups -OCH3 is 1. The molecule has 1 aliphatic heterocycles. The summed E-state index contributed by atoms with van der Waals surface area (Å²) in [4.78, 5) is 0. The van der Waals surface area contributed by atoms with Crippen LogP contribution in [0.3, 0.4) is 0 Å². The Morgan fingerprint density at radius 3 is 2.69 bits per heavy atom. The maximum absolute atomic E-state index is 9.54. The number of hydrogen-bond donors (Lipinski definition) is 2. The second-order valence-corrected chi connectivity index (χ2v) is 3.94. The van der Waals surface area contributed by atoms with Crippen molar-refractivity contribution in [1.82, 2.24) is 5.32 Å². The van der Waals surface area contributed by atoms with E-state index in [1.807, 2.05) is 24.3 Å². The SMILES string of the molecule is COc1ccc(CN[C@@H]2COC[C@H]2O)cc1. The Morgan fingerprint density at radius 2 is 2.12 bits per heavy atom. The monoisotopic (exact) mass is 223 g/mol. The van der Waals surface area contributed by atoms with E-state index in [9.17, 15) is 5.11 Å². The van der Waals surface area contributed by atoms with Crippen molar-refractivity contribution in [3.63, 3.8) is 0 Å². The summed E-state index contributed by atoms with van der Waals surface area (Å²) in [6.45, 7) is 1.74. The summed E-state index contributed by atoms with van der Waals surface area (Å²) in [5.74, 6) is 0.855. The van der Waals surface area contributed by atoms with Crippen LogP contribution in [0.2, 0.25) is 0 Å². The number of hydrogen-bond acceptors (Lipinski definition) is 4. The zero-order valence-electron chi connectivity index (χ0n) is 9.35. The van der Waals surface area contributed by atoms with Crippen molar-refractivity contribution in [3.8, 4) is 5.75 Å². The normalized spacial score (nSPS) is 24.6. The first kappa shape index (κ1) is 11.4. The van der Waals surface area contributed by atoms with E-state index in [-0.39, 0.29) is 6.04 Å². The van der Waals surface area contributed by atoms with Crippen LogP contribution >= 0.6 is 0 Å². The minimum absolute atomic E-state index is 0.0436. The highest BCUT2D eigenvalue weighted by Gasteiger charge is 2.25. The molecule has 0 saturated carbocycles. The second-order valence-electron chi connectivity index (χ2n) is 3.94. The summed E-state index contributed by atoms with van der Waals surface area (Å²) in [5.41, 5.74) is 1.17. The lowest BCUT2D eigenvalue weighted by Crippen LogP contribution is -2.38. The maximum atomic E-state index is 9.54. The van der Waals surface area contributed by atoms with Crippen molar-refractivity contribution in [2.24, 2.45) is 0 Å². The number of aliphatic hydroxyl groups excluding tert-OH is 1. The van der Waals surface area contributed by atoms with E-state index < -0.39 is 6.10 Å². The van der Waals surface area contributed by atoms with Crippen LogP contribution in [0.5, 0.6) is 5.75 Å². The van der Waals surface area contributed by atoms with Crippen LogP contribution in [0.4, 0.5) is 0 Å². The van der Waals surface area contributed by atoms with Crippen LogP contribution in [0.15, 0.2) is 24.3 Å². The van der Waals surface area contributed by atoms with Gasteiger partial charge in [0, 0.05) is 6.54 Å². The molecule has 1 heterocycles. The molecule has 2 rings (SSSR count). The lowest BCUT2D eigenvalue weighted by atomic mass is 10.1. The zero-order valence-corrected chi connectivity index (χ0v) is 9.35. The molecule has 2 N–H and O–H groups in total. The van der Waals surface area contributed by atoms with Gasteiger partial charge in [-0.1, -0.05) is 12.1 Å². The average Bonchev–Trinajstić information content (AvgIpc) is 2.73. The second kappa shape index (κ2) is 5.30. The van der Waals surface area contributed by atoms with E-state index in [1.54, 1.807) is 7.11 Å². The fraction of sp³-hybridized carbons (Fsp3) is 0.500. The van der Waals surface area contributed by atoms with E-state index in [1.165, 1.54) is 5.56 Å². The number of nitrogens with one attached hydrogen (secondary N) is 1. The maximum Gasteiger partial charge on any atom is 0.118 e. The predicted molar refractivity (Wildman–Crippen MR) is 60.4 cm³/mol. The molecule has 4 nitrogen and oxygen atoms in total. The molecule has 0 aliphatic carbocycles. The van der Waals surface area contributed by atoms with Crippen LogP contribution in [0, 0.1) is 0 Å². The van der Waals surface area contributed by atoms with Crippen LogP contribution in [0.1, 0.15) is 5.56 Å². The van der Waals surface area contributed by atoms with Gasteiger partial charge in [0.25, 0.3) is 0 Å². The number of benzene rings is 1. The highest BCUT2D eigenvalue weighted by molar-refractivity contribution is 5.27. The molecule has 4 heteroatoms. The Balaban J connectivity index is 1.84. The summed E-state index contributed by atoms with van der Waals surface area (Å²) in [5, 5.41) is 12.8. The highest BCUT2D eigenvalue weighted by Crippen LogP contribution is 2.12. The molecule has 88 valence electrons. The van der Waals surface area contributed by atoms with E-state index in [0.717, 1.165) is 12.3 Å². The molecule has 1 fully saturated rings. The molecule has 1 aromatic carbocycles. The van der Waals surface area contributed by atoms with Gasteiger partial charge < -0.3 is 19.9 Å². The quantitative estimate of drug-likeness (QED) is 0.782. The third-order valence-electron chi connectivity index (χ3n) is 2.78. The van der Waals surface area contributed by atoms with Crippen molar-refractivity contribution in [3.05, 3.63) is 29.8 Å². The molecular formula is C12H17NO3. The molecule has 0 amide bonds. The smallest absolute Gasteiger partial charge is 0.118 e. The molecule has 0 bridgehead atoms. The predicted octanol–water partition coefficient (Wildman–Crippen LogP) is 0.544. The molecule has 0 spiro atoms. The lowest BCUT2D eigenvalue weighted by Gasteiger charge is -2.14. The first-order chi connectivity index (χ1) is 7.79. The van der Waals surface area contributed by atoms with Crippen LogP contribution < -0.4 is 10.1 Å². The minimum Gasteiger partial charge on any atom is -0.497 e. The average molecular weight is 223 g/mol. The van der Waals surface area contributed by atoms with E-state index in [2.05, 4.69) is 5.32 Å². The molecule has 2 atom stereocenters. The highest BCUT2D eigenvalue weighted by atomic mass is 16.5. The summed E-state index contributed by atoms with van der Waals surface area (Å²) < 4.78 is 10.2. The molecule has 0 radical (unpaired) electrons. The van der Waals surface area contributed by atoms with Gasteiger partial charge in [-0.25, -0.2) is 0 Å². The summed E-state index contributed by atoms with van der Waals surface area (Å²) in [6, 6.07) is 7.92. The minimum atomic E-state index is -0.391. The van der Waals surface area contributed by atoms with Crippen molar-refractivity contribution in [2.45, 2.75) is 18.7 Å². The van der Waals surface area contributed by atoms with Gasteiger partial charge in [0.05, 0.1) is 32.5 Å². The van der Waals surface area contributed by atoms with Gasteiger partial charge in [0.1, 0.15) is 5.75 Å². The van der Waals surface area contributed by atoms with Crippen molar-refractivity contribution in [1.29, 1.82) is 0 Å². The fourth-order valence-electron chi connectivity index (χ4n) is 1.73. The fourth-order valence-corrected chi connectivity index (χ4v) is 1.73. The van der Waals surface area contributed by atoms with Crippen LogP contribution in [0.25, 0.3) is 0 Å². The van der Waals surface area contributed by atoms with Gasteiger partial charge in [-0.05, 0) is 17.7 Å².